The number of nitrogens with one attached hydrogen (secondary N) is 1. The number of hydrogen-bond acceptors (Lipinski definition) is 6. The number of phenols is 1. The minimum Gasteiger partial charge on any atom is -0.508 e. The van der Waals surface area contributed by atoms with Gasteiger partial charge in [-0.15, -0.1) is 5.10 Å². The van der Waals surface area contributed by atoms with E-state index >= 15 is 0 Å². The van der Waals surface area contributed by atoms with Gasteiger partial charge in [-0.25, -0.2) is 0 Å². The number of phenolic OH excluding ortho intramolecular Hbond substituents is 1. The number of benzene rings is 3. The fraction of sp³-hybridized carbons (Fsp3) is 0.0769. The highest BCUT2D eigenvalue weighted by molar-refractivity contribution is 9.10. The molecular weight excluding hydrogens is 528 g/mol. The number of amidine groups is 1. The molecule has 0 radical (unpaired) electrons. The maximum atomic E-state index is 13.2. The average molecular weight is 549 g/mol. The normalized spacial score (nSPS) is 17.1. The molecule has 0 aromatic heterocycles. The van der Waals surface area contributed by atoms with Crippen LogP contribution in [0, 0.1) is 0 Å². The van der Waals surface area contributed by atoms with Crippen molar-refractivity contribution in [3.8, 4) is 5.75 Å². The molecule has 0 aliphatic carbocycles. The van der Waals surface area contributed by atoms with Crippen LogP contribution in [0.1, 0.15) is 12.0 Å². The Morgan fingerprint density at radius 2 is 1.77 bits per heavy atom. The van der Waals surface area contributed by atoms with Crippen molar-refractivity contribution in [2.45, 2.75) is 11.7 Å². The number of allylic oxidation sites excluding steroid dienone is 1. The van der Waals surface area contributed by atoms with Crippen molar-refractivity contribution < 1.29 is 14.7 Å². The van der Waals surface area contributed by atoms with Gasteiger partial charge in [0.15, 0.2) is 5.17 Å². The lowest BCUT2D eigenvalue weighted by molar-refractivity contribution is -0.121. The van der Waals surface area contributed by atoms with Gasteiger partial charge >= 0.3 is 0 Å². The van der Waals surface area contributed by atoms with Crippen molar-refractivity contribution in [1.82, 2.24) is 0 Å². The number of anilines is 2. The van der Waals surface area contributed by atoms with E-state index in [1.165, 1.54) is 35.0 Å². The van der Waals surface area contributed by atoms with Crippen LogP contribution < -0.4 is 10.2 Å². The van der Waals surface area contributed by atoms with Gasteiger partial charge < -0.3 is 10.4 Å². The molecule has 0 saturated carbocycles. The van der Waals surface area contributed by atoms with E-state index in [4.69, 9.17) is 0 Å². The number of nitrogens with zero attached hydrogens (tertiary/aromatic N) is 3. The second kappa shape index (κ2) is 11.6. The van der Waals surface area contributed by atoms with Crippen LogP contribution in [0.4, 0.5) is 11.4 Å². The van der Waals surface area contributed by atoms with E-state index < -0.39 is 5.25 Å². The minimum atomic E-state index is -0.659. The van der Waals surface area contributed by atoms with Crippen molar-refractivity contribution >= 4 is 68.3 Å². The molecular formula is C26H21BrN4O3S. The molecule has 35 heavy (non-hydrogen) atoms. The summed E-state index contributed by atoms with van der Waals surface area (Å²) in [4.78, 5) is 27.2. The van der Waals surface area contributed by atoms with Crippen LogP contribution in [-0.2, 0) is 9.59 Å². The summed E-state index contributed by atoms with van der Waals surface area (Å²) in [6.07, 6.45) is 5.16. The number of halogens is 1. The van der Waals surface area contributed by atoms with Gasteiger partial charge in [0.05, 0.1) is 5.69 Å². The van der Waals surface area contributed by atoms with Gasteiger partial charge in [0.2, 0.25) is 11.8 Å². The molecule has 3 aromatic rings. The second-order valence-corrected chi connectivity index (χ2v) is 9.56. The molecule has 0 unspecified atom stereocenters. The minimum absolute atomic E-state index is 0.0230. The number of rotatable bonds is 7. The molecule has 0 spiro atoms. The summed E-state index contributed by atoms with van der Waals surface area (Å²) in [7, 11) is 0. The SMILES string of the molecule is O=C(C[C@H]1S\C(=N/N=C\C=C\c2ccccc2)N(c2ccc(O)cc2)C1=O)Nc1ccc(Br)cc1. The maximum absolute atomic E-state index is 13.2. The van der Waals surface area contributed by atoms with Crippen molar-refractivity contribution in [2.75, 3.05) is 10.2 Å². The monoisotopic (exact) mass is 548 g/mol. The molecule has 0 bridgehead atoms. The lowest BCUT2D eigenvalue weighted by atomic mass is 10.2. The van der Waals surface area contributed by atoms with E-state index in [0.29, 0.717) is 16.5 Å². The zero-order valence-corrected chi connectivity index (χ0v) is 20.8. The first-order valence-corrected chi connectivity index (χ1v) is 12.3. The lowest BCUT2D eigenvalue weighted by Crippen LogP contribution is -2.33. The highest BCUT2D eigenvalue weighted by atomic mass is 79.9. The summed E-state index contributed by atoms with van der Waals surface area (Å²) < 4.78 is 0.904. The zero-order chi connectivity index (χ0) is 24.6. The maximum Gasteiger partial charge on any atom is 0.247 e. The number of amides is 2. The smallest absolute Gasteiger partial charge is 0.247 e. The first kappa shape index (κ1) is 24.4. The quantitative estimate of drug-likeness (QED) is 0.293. The summed E-state index contributed by atoms with van der Waals surface area (Å²) in [5.74, 6) is -0.471. The zero-order valence-electron chi connectivity index (χ0n) is 18.4. The molecule has 7 nitrogen and oxygen atoms in total. The molecule has 2 N–H and O–H groups in total. The summed E-state index contributed by atoms with van der Waals surface area (Å²) >= 11 is 4.54. The summed E-state index contributed by atoms with van der Waals surface area (Å²) in [6.45, 7) is 0. The summed E-state index contributed by atoms with van der Waals surface area (Å²) in [5, 5.41) is 20.5. The highest BCUT2D eigenvalue weighted by Gasteiger charge is 2.40. The van der Waals surface area contributed by atoms with Crippen LogP contribution in [0.2, 0.25) is 0 Å². The Balaban J connectivity index is 1.49. The number of hydrogen-bond donors (Lipinski definition) is 2. The van der Waals surface area contributed by atoms with Crippen LogP contribution in [0.3, 0.4) is 0 Å². The Morgan fingerprint density at radius 3 is 2.49 bits per heavy atom. The van der Waals surface area contributed by atoms with Crippen LogP contribution >= 0.6 is 27.7 Å². The third kappa shape index (κ3) is 6.68. The fourth-order valence-corrected chi connectivity index (χ4v) is 4.61. The van der Waals surface area contributed by atoms with Gasteiger partial charge in [-0.05, 0) is 60.2 Å². The molecule has 3 aromatic carbocycles. The van der Waals surface area contributed by atoms with Gasteiger partial charge in [0.25, 0.3) is 0 Å². The average Bonchev–Trinajstić information content (AvgIpc) is 3.16. The van der Waals surface area contributed by atoms with Gasteiger partial charge in [0, 0.05) is 22.8 Å². The molecule has 1 aliphatic heterocycles. The lowest BCUT2D eigenvalue weighted by Gasteiger charge is -2.15. The van der Waals surface area contributed by atoms with Gasteiger partial charge in [-0.1, -0.05) is 64.1 Å². The summed E-state index contributed by atoms with van der Waals surface area (Å²) in [5.41, 5.74) is 2.21. The summed E-state index contributed by atoms with van der Waals surface area (Å²) in [6, 6.07) is 23.2. The van der Waals surface area contributed by atoms with E-state index in [1.54, 1.807) is 30.3 Å². The van der Waals surface area contributed by atoms with Crippen LogP contribution in [-0.4, -0.2) is 33.6 Å². The van der Waals surface area contributed by atoms with Crippen LogP contribution in [0.25, 0.3) is 6.08 Å². The standard InChI is InChI=1S/C26H21BrN4O3S/c27-19-8-10-20(11-9-19)29-24(33)17-23-25(34)31(21-12-14-22(32)15-13-21)26(35-23)30-28-16-4-7-18-5-2-1-3-6-18/h1-16,23,32H,17H2,(H,29,33)/b7-4+,28-16-,30-26-/t23-/m1/s1. The van der Waals surface area contributed by atoms with E-state index in [0.717, 1.165) is 10.0 Å². The molecule has 9 heteroatoms. The van der Waals surface area contributed by atoms with Crippen molar-refractivity contribution in [3.63, 3.8) is 0 Å². The largest absolute Gasteiger partial charge is 0.508 e. The fourth-order valence-electron chi connectivity index (χ4n) is 3.26. The number of thioether (sulfide) groups is 1. The van der Waals surface area contributed by atoms with Gasteiger partial charge in [-0.2, -0.15) is 5.10 Å². The van der Waals surface area contributed by atoms with Crippen LogP contribution in [0.5, 0.6) is 5.75 Å². The predicted octanol–water partition coefficient (Wildman–Crippen LogP) is 5.69. The Hall–Kier alpha value is -3.69. The molecule has 1 saturated heterocycles. The molecule has 1 heterocycles. The number of carbonyl (C=O) groups is 2. The van der Waals surface area contributed by atoms with Crippen molar-refractivity contribution in [3.05, 3.63) is 95.0 Å². The molecule has 4 rings (SSSR count). The predicted molar refractivity (Wildman–Crippen MR) is 146 cm³/mol. The Labute approximate surface area is 215 Å². The third-order valence-corrected chi connectivity index (χ3v) is 6.58. The molecule has 1 atom stereocenters. The highest BCUT2D eigenvalue weighted by Crippen LogP contribution is 2.34. The molecule has 1 aliphatic rings. The van der Waals surface area contributed by atoms with E-state index in [1.807, 2.05) is 48.5 Å². The van der Waals surface area contributed by atoms with E-state index in [9.17, 15) is 14.7 Å². The van der Waals surface area contributed by atoms with E-state index in [-0.39, 0.29) is 24.0 Å². The van der Waals surface area contributed by atoms with Gasteiger partial charge in [-0.3, -0.25) is 14.5 Å². The van der Waals surface area contributed by atoms with Crippen molar-refractivity contribution in [1.29, 1.82) is 0 Å². The first-order chi connectivity index (χ1) is 17.0. The third-order valence-electron chi connectivity index (χ3n) is 4.93. The Bertz CT molecular complexity index is 1280. The van der Waals surface area contributed by atoms with Crippen LogP contribution in [0.15, 0.2) is 99.6 Å². The number of aromatic hydroxyl groups is 1. The topological polar surface area (TPSA) is 94.4 Å². The second-order valence-electron chi connectivity index (χ2n) is 7.47. The first-order valence-electron chi connectivity index (χ1n) is 10.7. The molecule has 2 amide bonds. The van der Waals surface area contributed by atoms with Crippen molar-refractivity contribution in [2.24, 2.45) is 10.2 Å². The molecule has 176 valence electrons. The Kier molecular flexibility index (Phi) is 8.12. The van der Waals surface area contributed by atoms with Gasteiger partial charge in [0.1, 0.15) is 11.0 Å². The van der Waals surface area contributed by atoms with E-state index in [2.05, 4.69) is 31.4 Å². The molecule has 1 fully saturated rings. The Morgan fingerprint density at radius 1 is 1.06 bits per heavy atom. The number of carbonyl (C=O) groups excluding carboxylic acids is 2.